The van der Waals surface area contributed by atoms with Crippen molar-refractivity contribution in [2.75, 3.05) is 6.61 Å². The van der Waals surface area contributed by atoms with E-state index < -0.39 is 12.0 Å². The summed E-state index contributed by atoms with van der Waals surface area (Å²) in [7, 11) is 0. The minimum atomic E-state index is -0.449. The van der Waals surface area contributed by atoms with Gasteiger partial charge < -0.3 is 15.0 Å². The van der Waals surface area contributed by atoms with Crippen molar-refractivity contribution in [3.05, 3.63) is 101 Å². The maximum Gasteiger partial charge on any atom is 0.338 e. The van der Waals surface area contributed by atoms with Crippen LogP contribution in [0.2, 0.25) is 0 Å². The number of amidine groups is 1. The Kier molecular flexibility index (Phi) is 7.27. The van der Waals surface area contributed by atoms with E-state index in [0.29, 0.717) is 17.8 Å². The summed E-state index contributed by atoms with van der Waals surface area (Å²) >= 11 is 1.45. The van der Waals surface area contributed by atoms with Gasteiger partial charge in [0, 0.05) is 11.9 Å². The number of allylic oxidation sites excluding steroid dienone is 1. The lowest BCUT2D eigenvalue weighted by Gasteiger charge is -2.36. The molecule has 1 amide bonds. The second-order valence-corrected chi connectivity index (χ2v) is 8.81. The molecule has 7 nitrogen and oxygen atoms in total. The lowest BCUT2D eigenvalue weighted by atomic mass is 9.93. The van der Waals surface area contributed by atoms with Crippen molar-refractivity contribution < 1.29 is 14.3 Å². The molecule has 8 heteroatoms. The summed E-state index contributed by atoms with van der Waals surface area (Å²) in [4.78, 5) is 36.8. The average molecular weight is 475 g/mol. The molecule has 4 rings (SSSR count). The number of aryl methyl sites for hydroxylation is 1. The molecule has 1 atom stereocenters. The lowest BCUT2D eigenvalue weighted by Crippen LogP contribution is -2.38. The third-order valence-electron chi connectivity index (χ3n) is 5.45. The van der Waals surface area contributed by atoms with Crippen LogP contribution in [0.3, 0.4) is 0 Å². The first-order valence-corrected chi connectivity index (χ1v) is 11.8. The summed E-state index contributed by atoms with van der Waals surface area (Å²) in [5.74, 6) is -0.577. The Balaban J connectivity index is 1.61. The Hall–Kier alpha value is -3.65. The minimum Gasteiger partial charge on any atom is -0.458 e. The van der Waals surface area contributed by atoms with Crippen LogP contribution in [0.5, 0.6) is 0 Å². The Labute approximate surface area is 203 Å². The molecule has 0 radical (unpaired) electrons. The number of carbonyl (C=O) groups excluding carboxylic acids is 2. The van der Waals surface area contributed by atoms with Crippen LogP contribution in [-0.4, -0.2) is 33.5 Å². The van der Waals surface area contributed by atoms with Crippen LogP contribution in [0.1, 0.15) is 36.2 Å². The number of nitrogens with zero attached hydrogens (tertiary/aromatic N) is 3. The van der Waals surface area contributed by atoms with Gasteiger partial charge in [-0.05, 0) is 37.0 Å². The van der Waals surface area contributed by atoms with Crippen molar-refractivity contribution in [1.82, 2.24) is 15.2 Å². The highest BCUT2D eigenvalue weighted by Crippen LogP contribution is 2.44. The van der Waals surface area contributed by atoms with Crippen LogP contribution in [0.15, 0.2) is 88.7 Å². The lowest BCUT2D eigenvalue weighted by molar-refractivity contribution is -0.138. The van der Waals surface area contributed by atoms with Gasteiger partial charge in [-0.2, -0.15) is 0 Å². The van der Waals surface area contributed by atoms with Gasteiger partial charge in [-0.1, -0.05) is 60.3 Å². The number of amides is 1. The minimum absolute atomic E-state index is 0.111. The molecule has 2 aliphatic rings. The number of ether oxygens (including phenoxy) is 1. The fourth-order valence-electron chi connectivity index (χ4n) is 3.92. The van der Waals surface area contributed by atoms with Crippen LogP contribution < -0.4 is 5.32 Å². The number of aromatic nitrogens is 1. The summed E-state index contributed by atoms with van der Waals surface area (Å²) in [6.07, 6.45) is 3.38. The van der Waals surface area contributed by atoms with E-state index in [9.17, 15) is 9.59 Å². The standard InChI is InChI=1S/C26H26N4O3S/c1-4-12-33-25(32)23-18(3)29-26-30(24(23)19-9-7-8-17(2)13-19)21(16-34-26)14-22(31)28-15-20-10-5-6-11-27-20/h4-11,13,16,24H,1,12,14-15H2,2-3H3,(H,28,31)/t24-/m0/s1. The second-order valence-electron chi connectivity index (χ2n) is 7.97. The number of hydrogen-bond acceptors (Lipinski definition) is 7. The molecule has 1 N–H and O–H groups in total. The molecule has 0 fully saturated rings. The summed E-state index contributed by atoms with van der Waals surface area (Å²) in [6.45, 7) is 7.91. The van der Waals surface area contributed by atoms with Crippen LogP contribution in [0.4, 0.5) is 0 Å². The fraction of sp³-hybridized carbons (Fsp3) is 0.231. The van der Waals surface area contributed by atoms with Crippen LogP contribution in [0.25, 0.3) is 0 Å². The van der Waals surface area contributed by atoms with Crippen molar-refractivity contribution in [2.24, 2.45) is 4.99 Å². The number of pyridine rings is 1. The van der Waals surface area contributed by atoms with Crippen LogP contribution >= 0.6 is 11.8 Å². The first kappa shape index (κ1) is 23.5. The van der Waals surface area contributed by atoms with Gasteiger partial charge in [0.25, 0.3) is 0 Å². The van der Waals surface area contributed by atoms with E-state index in [1.807, 2.05) is 66.6 Å². The van der Waals surface area contributed by atoms with Gasteiger partial charge in [-0.15, -0.1) is 0 Å². The number of hydrogen-bond donors (Lipinski definition) is 1. The molecular formula is C26H26N4O3S. The molecule has 34 heavy (non-hydrogen) atoms. The van der Waals surface area contributed by atoms with E-state index in [4.69, 9.17) is 4.74 Å². The van der Waals surface area contributed by atoms with E-state index in [1.54, 1.807) is 6.20 Å². The SMILES string of the molecule is C=CCOC(=O)C1=C(C)N=C2SC=C(CC(=O)NCc3ccccn3)N2[C@H]1c1cccc(C)c1. The second kappa shape index (κ2) is 10.5. The van der Waals surface area contributed by atoms with Crippen LogP contribution in [-0.2, 0) is 20.9 Å². The van der Waals surface area contributed by atoms with Crippen molar-refractivity contribution in [3.63, 3.8) is 0 Å². The highest BCUT2D eigenvalue weighted by atomic mass is 32.2. The number of thioether (sulfide) groups is 1. The maximum absolute atomic E-state index is 13.1. The quantitative estimate of drug-likeness (QED) is 0.451. The fourth-order valence-corrected chi connectivity index (χ4v) is 4.88. The number of rotatable bonds is 8. The maximum atomic E-state index is 13.1. The summed E-state index contributed by atoms with van der Waals surface area (Å²) in [5, 5.41) is 5.58. The van der Waals surface area contributed by atoms with E-state index >= 15 is 0 Å². The van der Waals surface area contributed by atoms with E-state index in [2.05, 4.69) is 21.9 Å². The number of benzene rings is 1. The number of fused-ring (bicyclic) bond motifs is 1. The first-order valence-electron chi connectivity index (χ1n) is 10.9. The highest BCUT2D eigenvalue weighted by Gasteiger charge is 2.41. The van der Waals surface area contributed by atoms with Gasteiger partial charge in [-0.25, -0.2) is 9.79 Å². The van der Waals surface area contributed by atoms with Gasteiger partial charge in [-0.3, -0.25) is 9.78 Å². The van der Waals surface area contributed by atoms with Gasteiger partial charge in [0.05, 0.1) is 36.0 Å². The molecular weight excluding hydrogens is 448 g/mol. The third kappa shape index (κ3) is 5.12. The van der Waals surface area contributed by atoms with Gasteiger partial charge in [0.2, 0.25) is 5.91 Å². The molecule has 3 heterocycles. The van der Waals surface area contributed by atoms with E-state index in [1.165, 1.54) is 17.8 Å². The van der Waals surface area contributed by atoms with Gasteiger partial charge in [0.1, 0.15) is 6.61 Å². The third-order valence-corrected chi connectivity index (χ3v) is 6.33. The molecule has 1 aromatic heterocycles. The van der Waals surface area contributed by atoms with E-state index in [-0.39, 0.29) is 18.9 Å². The van der Waals surface area contributed by atoms with Crippen molar-refractivity contribution in [2.45, 2.75) is 32.9 Å². The topological polar surface area (TPSA) is 83.9 Å². The Morgan fingerprint density at radius 3 is 2.82 bits per heavy atom. The number of nitrogens with one attached hydrogen (secondary N) is 1. The van der Waals surface area contributed by atoms with Crippen molar-refractivity contribution in [3.8, 4) is 0 Å². The Bertz CT molecular complexity index is 1200. The zero-order chi connectivity index (χ0) is 24.1. The Morgan fingerprint density at radius 1 is 1.24 bits per heavy atom. The zero-order valence-corrected chi connectivity index (χ0v) is 20.0. The smallest absolute Gasteiger partial charge is 0.338 e. The van der Waals surface area contributed by atoms with Gasteiger partial charge in [0.15, 0.2) is 5.17 Å². The molecule has 1 aromatic carbocycles. The molecule has 0 aliphatic carbocycles. The Morgan fingerprint density at radius 2 is 2.09 bits per heavy atom. The molecule has 174 valence electrons. The summed E-state index contributed by atoms with van der Waals surface area (Å²) in [6, 6.07) is 13.1. The van der Waals surface area contributed by atoms with Crippen molar-refractivity contribution in [1.29, 1.82) is 0 Å². The van der Waals surface area contributed by atoms with Crippen molar-refractivity contribution >= 4 is 28.8 Å². The van der Waals surface area contributed by atoms with E-state index in [0.717, 1.165) is 27.7 Å². The van der Waals surface area contributed by atoms with Crippen LogP contribution in [0, 0.1) is 6.92 Å². The highest BCUT2D eigenvalue weighted by molar-refractivity contribution is 8.16. The number of carbonyl (C=O) groups is 2. The largest absolute Gasteiger partial charge is 0.458 e. The predicted octanol–water partition coefficient (Wildman–Crippen LogP) is 4.40. The molecule has 2 aliphatic heterocycles. The number of esters is 1. The monoisotopic (exact) mass is 474 g/mol. The summed E-state index contributed by atoms with van der Waals surface area (Å²) in [5.41, 5.74) is 4.62. The summed E-state index contributed by atoms with van der Waals surface area (Å²) < 4.78 is 5.41. The molecule has 0 bridgehead atoms. The molecule has 0 saturated heterocycles. The normalized spacial score (nSPS) is 17.0. The van der Waals surface area contributed by atoms with Gasteiger partial charge >= 0.3 is 5.97 Å². The molecule has 2 aromatic rings. The molecule has 0 spiro atoms. The average Bonchev–Trinajstić information content (AvgIpc) is 3.22. The molecule has 0 unspecified atom stereocenters. The molecule has 0 saturated carbocycles. The zero-order valence-electron chi connectivity index (χ0n) is 19.2. The first-order chi connectivity index (χ1) is 16.5. The predicted molar refractivity (Wildman–Crippen MR) is 133 cm³/mol. The number of aliphatic imine (C=N–C) groups is 1.